The molecule has 2 fully saturated rings. The molecule has 15 heavy (non-hydrogen) atoms. The van der Waals surface area contributed by atoms with Gasteiger partial charge in [0, 0.05) is 12.7 Å². The lowest BCUT2D eigenvalue weighted by molar-refractivity contribution is -0.0299. The van der Waals surface area contributed by atoms with Crippen molar-refractivity contribution < 1.29 is 12.2 Å². The van der Waals surface area contributed by atoms with Gasteiger partial charge in [0.15, 0.2) is 0 Å². The average Bonchev–Trinajstić information content (AvgIpc) is 2.61. The van der Waals surface area contributed by atoms with Crippen molar-refractivity contribution in [2.24, 2.45) is 0 Å². The van der Waals surface area contributed by atoms with Gasteiger partial charge in [0.1, 0.15) is 18.5 Å². The Kier molecular flexibility index (Phi) is 1.74. The summed E-state index contributed by atoms with van der Waals surface area (Å²) in [5, 5.41) is 3.19. The Labute approximate surface area is 91.4 Å². The van der Waals surface area contributed by atoms with Crippen molar-refractivity contribution in [3.8, 4) is 0 Å². The van der Waals surface area contributed by atoms with E-state index < -0.39 is 12.3 Å². The van der Waals surface area contributed by atoms with E-state index in [2.05, 4.69) is 10.3 Å². The van der Waals surface area contributed by atoms with E-state index in [0.717, 1.165) is 12.2 Å². The lowest BCUT2D eigenvalue weighted by Gasteiger charge is -2.36. The normalized spacial score (nSPS) is 40.4. The molecule has 4 nitrogen and oxygen atoms in total. The van der Waals surface area contributed by atoms with Crippen LogP contribution in [-0.4, -0.2) is 30.9 Å². The predicted molar refractivity (Wildman–Crippen MR) is 54.2 cm³/mol. The molecule has 0 spiro atoms. The Balaban J connectivity index is 2.03. The summed E-state index contributed by atoms with van der Waals surface area (Å²) >= 11 is 0. The van der Waals surface area contributed by atoms with Crippen molar-refractivity contribution in [3.63, 3.8) is 0 Å². The fraction of sp³-hybridized carbons (Fsp3) is 0.545. The first kappa shape index (κ1) is 7.33. The summed E-state index contributed by atoms with van der Waals surface area (Å²) in [5.74, 6) is 0. The van der Waals surface area contributed by atoms with Crippen LogP contribution in [0.15, 0.2) is 24.4 Å². The van der Waals surface area contributed by atoms with Gasteiger partial charge in [0.05, 0.1) is 8.44 Å². The maximum absolute atomic E-state index is 7.62. The molecular formula is C11H14N2O2. The van der Waals surface area contributed by atoms with Gasteiger partial charge in [0.25, 0.3) is 0 Å². The SMILES string of the molecule is [2H]C1([2H])O[C@@H]2CNCC[C@]2(c2ccccn2)O1. The lowest BCUT2D eigenvalue weighted by Crippen LogP contribution is -2.50. The minimum Gasteiger partial charge on any atom is -0.347 e. The maximum atomic E-state index is 7.62. The van der Waals surface area contributed by atoms with Crippen LogP contribution in [0.3, 0.4) is 0 Å². The van der Waals surface area contributed by atoms with Gasteiger partial charge < -0.3 is 14.8 Å². The van der Waals surface area contributed by atoms with Crippen LogP contribution in [0.4, 0.5) is 0 Å². The van der Waals surface area contributed by atoms with E-state index in [4.69, 9.17) is 12.2 Å². The minimum absolute atomic E-state index is 0.332. The molecule has 2 saturated heterocycles. The predicted octanol–water partition coefficient (Wildman–Crippen LogP) is 0.643. The molecule has 0 bridgehead atoms. The molecule has 1 aromatic heterocycles. The fourth-order valence-corrected chi connectivity index (χ4v) is 2.20. The third-order valence-electron chi connectivity index (χ3n) is 3.04. The van der Waals surface area contributed by atoms with Gasteiger partial charge in [-0.05, 0) is 25.1 Å². The molecule has 0 saturated carbocycles. The van der Waals surface area contributed by atoms with Crippen LogP contribution in [0.25, 0.3) is 0 Å². The lowest BCUT2D eigenvalue weighted by atomic mass is 9.86. The van der Waals surface area contributed by atoms with Crippen molar-refractivity contribution in [1.82, 2.24) is 10.3 Å². The fourth-order valence-electron chi connectivity index (χ4n) is 2.20. The van der Waals surface area contributed by atoms with Gasteiger partial charge >= 0.3 is 0 Å². The number of fused-ring (bicyclic) bond motifs is 1. The first-order valence-corrected chi connectivity index (χ1v) is 5.13. The summed E-state index contributed by atoms with van der Waals surface area (Å²) in [4.78, 5) is 4.30. The highest BCUT2D eigenvalue weighted by Gasteiger charge is 2.49. The van der Waals surface area contributed by atoms with Crippen LogP contribution in [0.1, 0.15) is 14.9 Å². The van der Waals surface area contributed by atoms with E-state index in [0.29, 0.717) is 13.0 Å². The quantitative estimate of drug-likeness (QED) is 0.735. The molecule has 0 aromatic carbocycles. The average molecular weight is 208 g/mol. The molecular weight excluding hydrogens is 192 g/mol. The van der Waals surface area contributed by atoms with Gasteiger partial charge in [-0.3, -0.25) is 4.98 Å². The first-order chi connectivity index (χ1) is 8.12. The molecule has 4 heteroatoms. The van der Waals surface area contributed by atoms with Crippen LogP contribution in [0, 0.1) is 0 Å². The number of nitrogens with zero attached hydrogens (tertiary/aromatic N) is 1. The Hall–Kier alpha value is -0.970. The van der Waals surface area contributed by atoms with Crippen molar-refractivity contribution >= 4 is 0 Å². The minimum atomic E-state index is -2.03. The number of hydrogen-bond donors (Lipinski definition) is 1. The maximum Gasteiger partial charge on any atom is 0.148 e. The number of nitrogens with one attached hydrogen (secondary N) is 1. The summed E-state index contributed by atoms with van der Waals surface area (Å²) < 4.78 is 26.1. The van der Waals surface area contributed by atoms with Crippen LogP contribution in [-0.2, 0) is 15.1 Å². The Morgan fingerprint density at radius 3 is 3.47 bits per heavy atom. The number of aromatic nitrogens is 1. The zero-order valence-corrected chi connectivity index (χ0v) is 8.27. The highest BCUT2D eigenvalue weighted by molar-refractivity contribution is 5.18. The zero-order chi connectivity index (χ0) is 11.9. The molecule has 2 atom stereocenters. The molecule has 2 aliphatic rings. The second-order valence-corrected chi connectivity index (χ2v) is 3.85. The van der Waals surface area contributed by atoms with Crippen LogP contribution in [0.2, 0.25) is 0 Å². The Morgan fingerprint density at radius 1 is 1.60 bits per heavy atom. The summed E-state index contributed by atoms with van der Waals surface area (Å²) in [6, 6.07) is 5.58. The number of pyridine rings is 1. The summed E-state index contributed by atoms with van der Waals surface area (Å²) in [6.07, 6.45) is 2.02. The number of piperidine rings is 1. The van der Waals surface area contributed by atoms with E-state index in [-0.39, 0.29) is 6.10 Å². The molecule has 0 radical (unpaired) electrons. The third-order valence-corrected chi connectivity index (χ3v) is 3.04. The van der Waals surface area contributed by atoms with E-state index >= 15 is 0 Å². The van der Waals surface area contributed by atoms with E-state index in [1.807, 2.05) is 18.2 Å². The summed E-state index contributed by atoms with van der Waals surface area (Å²) in [6.45, 7) is -0.684. The van der Waals surface area contributed by atoms with Crippen molar-refractivity contribution in [2.45, 2.75) is 18.1 Å². The van der Waals surface area contributed by atoms with Crippen molar-refractivity contribution in [2.75, 3.05) is 19.8 Å². The summed E-state index contributed by atoms with van der Waals surface area (Å²) in [5.41, 5.74) is -0.0106. The smallest absolute Gasteiger partial charge is 0.148 e. The van der Waals surface area contributed by atoms with E-state index in [9.17, 15) is 0 Å². The van der Waals surface area contributed by atoms with E-state index in [1.54, 1.807) is 6.20 Å². The molecule has 0 amide bonds. The monoisotopic (exact) mass is 208 g/mol. The molecule has 80 valence electrons. The summed E-state index contributed by atoms with van der Waals surface area (Å²) in [7, 11) is 0. The standard InChI is InChI=1S/C11H14N2O2/c1-2-5-13-9(3-1)11-4-6-12-7-10(11)14-8-15-11/h1-3,5,10,12H,4,6-8H2/t10-,11-/m1/s1/i8D2. The second-order valence-electron chi connectivity index (χ2n) is 3.85. The Bertz CT molecular complexity index is 415. The van der Waals surface area contributed by atoms with Crippen molar-refractivity contribution in [1.29, 1.82) is 0 Å². The van der Waals surface area contributed by atoms with Gasteiger partial charge in [-0.2, -0.15) is 0 Å². The van der Waals surface area contributed by atoms with Gasteiger partial charge in [0.2, 0.25) is 0 Å². The van der Waals surface area contributed by atoms with Crippen molar-refractivity contribution in [3.05, 3.63) is 30.1 Å². The molecule has 3 rings (SSSR count). The molecule has 1 aromatic rings. The largest absolute Gasteiger partial charge is 0.347 e. The van der Waals surface area contributed by atoms with Crippen LogP contribution < -0.4 is 5.32 Å². The third kappa shape index (κ3) is 1.37. The van der Waals surface area contributed by atoms with Gasteiger partial charge in [-0.15, -0.1) is 0 Å². The Morgan fingerprint density at radius 2 is 2.60 bits per heavy atom. The molecule has 0 unspecified atom stereocenters. The van der Waals surface area contributed by atoms with Gasteiger partial charge in [-0.25, -0.2) is 0 Å². The van der Waals surface area contributed by atoms with Crippen LogP contribution in [0.5, 0.6) is 0 Å². The highest BCUT2D eigenvalue weighted by atomic mass is 16.7. The highest BCUT2D eigenvalue weighted by Crippen LogP contribution is 2.39. The number of ether oxygens (including phenoxy) is 2. The molecule has 0 aliphatic carbocycles. The van der Waals surface area contributed by atoms with Crippen LogP contribution >= 0.6 is 0 Å². The first-order valence-electron chi connectivity index (χ1n) is 6.13. The zero-order valence-electron chi connectivity index (χ0n) is 10.3. The number of hydrogen-bond acceptors (Lipinski definition) is 4. The molecule has 3 heterocycles. The van der Waals surface area contributed by atoms with E-state index in [1.165, 1.54) is 0 Å². The molecule has 2 aliphatic heterocycles. The van der Waals surface area contributed by atoms with Gasteiger partial charge in [-0.1, -0.05) is 6.07 Å². The number of rotatable bonds is 1. The topological polar surface area (TPSA) is 43.4 Å². The second kappa shape index (κ2) is 3.56. The molecule has 1 N–H and O–H groups in total.